The molecule has 1 unspecified atom stereocenters. The lowest BCUT2D eigenvalue weighted by Crippen LogP contribution is -2.17. The SMILES string of the molecule is Cc1cc(OC(C)C)nc(NCC(C)CO)n1. The number of aliphatic hydroxyl groups is 1. The summed E-state index contributed by atoms with van der Waals surface area (Å²) in [7, 11) is 0. The predicted octanol–water partition coefficient (Wildman–Crippen LogP) is 1.61. The van der Waals surface area contributed by atoms with Gasteiger partial charge >= 0.3 is 0 Å². The molecule has 0 spiro atoms. The van der Waals surface area contributed by atoms with Crippen molar-refractivity contribution in [2.24, 2.45) is 5.92 Å². The highest BCUT2D eigenvalue weighted by molar-refractivity contribution is 5.30. The molecule has 1 aromatic heterocycles. The second-order valence-electron chi connectivity index (χ2n) is 4.51. The molecule has 0 amide bonds. The molecule has 0 aliphatic carbocycles. The molecule has 0 aromatic carbocycles. The van der Waals surface area contributed by atoms with Crippen LogP contribution in [0.5, 0.6) is 5.88 Å². The Bertz CT molecular complexity index is 356. The normalized spacial score (nSPS) is 12.6. The molecule has 1 heterocycles. The molecule has 17 heavy (non-hydrogen) atoms. The van der Waals surface area contributed by atoms with Gasteiger partial charge in [0, 0.05) is 24.9 Å². The van der Waals surface area contributed by atoms with Crippen LogP contribution < -0.4 is 10.1 Å². The van der Waals surface area contributed by atoms with Crippen molar-refractivity contribution in [2.45, 2.75) is 33.8 Å². The second kappa shape index (κ2) is 6.39. The van der Waals surface area contributed by atoms with Gasteiger partial charge in [-0.2, -0.15) is 4.98 Å². The lowest BCUT2D eigenvalue weighted by Gasteiger charge is -2.13. The fourth-order valence-corrected chi connectivity index (χ4v) is 1.25. The third-order valence-electron chi connectivity index (χ3n) is 2.11. The number of aliphatic hydroxyl groups excluding tert-OH is 1. The minimum absolute atomic E-state index is 0.0912. The number of ether oxygens (including phenoxy) is 1. The Labute approximate surface area is 102 Å². The zero-order valence-electron chi connectivity index (χ0n) is 10.9. The number of hydrogen-bond donors (Lipinski definition) is 2. The van der Waals surface area contributed by atoms with Crippen molar-refractivity contribution < 1.29 is 9.84 Å². The number of nitrogens with one attached hydrogen (secondary N) is 1. The van der Waals surface area contributed by atoms with Gasteiger partial charge in [0.25, 0.3) is 0 Å². The van der Waals surface area contributed by atoms with E-state index in [1.807, 2.05) is 27.7 Å². The fraction of sp³-hybridized carbons (Fsp3) is 0.667. The summed E-state index contributed by atoms with van der Waals surface area (Å²) in [5.74, 6) is 1.29. The van der Waals surface area contributed by atoms with Crippen molar-refractivity contribution >= 4 is 5.95 Å². The summed E-state index contributed by atoms with van der Waals surface area (Å²) < 4.78 is 5.53. The molecule has 0 fully saturated rings. The Hall–Kier alpha value is -1.36. The van der Waals surface area contributed by atoms with Crippen LogP contribution in [0.25, 0.3) is 0 Å². The summed E-state index contributed by atoms with van der Waals surface area (Å²) in [6.45, 7) is 8.55. The lowest BCUT2D eigenvalue weighted by atomic mass is 10.2. The number of aryl methyl sites for hydroxylation is 1. The third-order valence-corrected chi connectivity index (χ3v) is 2.11. The smallest absolute Gasteiger partial charge is 0.226 e. The average molecular weight is 239 g/mol. The Morgan fingerprint density at radius 2 is 2.06 bits per heavy atom. The van der Waals surface area contributed by atoms with Gasteiger partial charge in [0.15, 0.2) is 0 Å². The first-order valence-corrected chi connectivity index (χ1v) is 5.88. The van der Waals surface area contributed by atoms with Crippen LogP contribution in [0.15, 0.2) is 6.07 Å². The second-order valence-corrected chi connectivity index (χ2v) is 4.51. The quantitative estimate of drug-likeness (QED) is 0.789. The van der Waals surface area contributed by atoms with Gasteiger partial charge in [-0.3, -0.25) is 0 Å². The fourth-order valence-electron chi connectivity index (χ4n) is 1.25. The number of aromatic nitrogens is 2. The van der Waals surface area contributed by atoms with Crippen LogP contribution >= 0.6 is 0 Å². The van der Waals surface area contributed by atoms with Crippen LogP contribution in [0.3, 0.4) is 0 Å². The summed E-state index contributed by atoms with van der Waals surface area (Å²) in [6.07, 6.45) is 0.0912. The zero-order chi connectivity index (χ0) is 12.8. The van der Waals surface area contributed by atoms with E-state index < -0.39 is 0 Å². The average Bonchev–Trinajstić information content (AvgIpc) is 2.24. The Morgan fingerprint density at radius 1 is 1.35 bits per heavy atom. The molecule has 0 aliphatic heterocycles. The van der Waals surface area contributed by atoms with E-state index in [1.165, 1.54) is 0 Å². The number of hydrogen-bond acceptors (Lipinski definition) is 5. The Kier molecular flexibility index (Phi) is 5.15. The van der Waals surface area contributed by atoms with Gasteiger partial charge in [0.05, 0.1) is 6.10 Å². The van der Waals surface area contributed by atoms with Crippen LogP contribution in [0.1, 0.15) is 26.5 Å². The zero-order valence-corrected chi connectivity index (χ0v) is 10.9. The van der Waals surface area contributed by atoms with Crippen LogP contribution in [0.2, 0.25) is 0 Å². The summed E-state index contributed by atoms with van der Waals surface area (Å²) in [5, 5.41) is 12.0. The van der Waals surface area contributed by atoms with Gasteiger partial charge in [0.1, 0.15) is 0 Å². The van der Waals surface area contributed by atoms with Crippen LogP contribution in [0, 0.1) is 12.8 Å². The van der Waals surface area contributed by atoms with Gasteiger partial charge in [-0.25, -0.2) is 4.98 Å². The molecule has 1 atom stereocenters. The van der Waals surface area contributed by atoms with Crippen molar-refractivity contribution in [1.82, 2.24) is 9.97 Å². The topological polar surface area (TPSA) is 67.3 Å². The monoisotopic (exact) mass is 239 g/mol. The standard InChI is InChI=1S/C12H21N3O2/c1-8(2)17-11-5-10(4)14-12(15-11)13-6-9(3)7-16/h5,8-9,16H,6-7H2,1-4H3,(H,13,14,15). The van der Waals surface area contributed by atoms with E-state index in [9.17, 15) is 0 Å². The highest BCUT2D eigenvalue weighted by Crippen LogP contribution is 2.13. The van der Waals surface area contributed by atoms with Crippen LogP contribution in [0.4, 0.5) is 5.95 Å². The number of nitrogens with zero attached hydrogens (tertiary/aromatic N) is 2. The molecule has 1 aromatic rings. The first-order valence-electron chi connectivity index (χ1n) is 5.88. The molecule has 2 N–H and O–H groups in total. The Balaban J connectivity index is 2.68. The van der Waals surface area contributed by atoms with E-state index in [1.54, 1.807) is 6.07 Å². The number of anilines is 1. The molecule has 5 nitrogen and oxygen atoms in total. The molecular weight excluding hydrogens is 218 g/mol. The molecular formula is C12H21N3O2. The molecule has 1 rings (SSSR count). The molecule has 0 radical (unpaired) electrons. The van der Waals surface area contributed by atoms with Crippen molar-refractivity contribution in [3.63, 3.8) is 0 Å². The lowest BCUT2D eigenvalue weighted by molar-refractivity contribution is 0.232. The summed E-state index contributed by atoms with van der Waals surface area (Å²) in [4.78, 5) is 8.52. The minimum atomic E-state index is 0.0912. The Morgan fingerprint density at radius 3 is 2.65 bits per heavy atom. The van der Waals surface area contributed by atoms with E-state index in [4.69, 9.17) is 9.84 Å². The summed E-state index contributed by atoms with van der Waals surface area (Å²) in [5.41, 5.74) is 0.856. The maximum Gasteiger partial charge on any atom is 0.226 e. The molecule has 0 saturated carbocycles. The predicted molar refractivity (Wildman–Crippen MR) is 67.3 cm³/mol. The molecule has 96 valence electrons. The van der Waals surface area contributed by atoms with Crippen molar-refractivity contribution in [3.05, 3.63) is 11.8 Å². The van der Waals surface area contributed by atoms with Crippen molar-refractivity contribution in [2.75, 3.05) is 18.5 Å². The largest absolute Gasteiger partial charge is 0.475 e. The molecule has 5 heteroatoms. The first-order chi connectivity index (χ1) is 8.01. The van der Waals surface area contributed by atoms with Gasteiger partial charge in [-0.1, -0.05) is 6.92 Å². The molecule has 0 saturated heterocycles. The minimum Gasteiger partial charge on any atom is -0.475 e. The summed E-state index contributed by atoms with van der Waals surface area (Å²) in [6, 6.07) is 1.81. The molecule has 0 aliphatic rings. The highest BCUT2D eigenvalue weighted by Gasteiger charge is 2.06. The van der Waals surface area contributed by atoms with E-state index in [0.717, 1.165) is 5.69 Å². The van der Waals surface area contributed by atoms with Crippen LogP contribution in [-0.2, 0) is 0 Å². The first kappa shape index (κ1) is 13.7. The van der Waals surface area contributed by atoms with E-state index in [-0.39, 0.29) is 18.6 Å². The third kappa shape index (κ3) is 4.99. The van der Waals surface area contributed by atoms with E-state index in [2.05, 4.69) is 15.3 Å². The maximum atomic E-state index is 8.94. The van der Waals surface area contributed by atoms with Gasteiger partial charge in [-0.05, 0) is 26.7 Å². The van der Waals surface area contributed by atoms with E-state index >= 15 is 0 Å². The van der Waals surface area contributed by atoms with Crippen molar-refractivity contribution in [3.8, 4) is 5.88 Å². The van der Waals surface area contributed by atoms with Gasteiger partial charge in [-0.15, -0.1) is 0 Å². The van der Waals surface area contributed by atoms with Crippen molar-refractivity contribution in [1.29, 1.82) is 0 Å². The van der Waals surface area contributed by atoms with Crippen LogP contribution in [-0.4, -0.2) is 34.3 Å². The van der Waals surface area contributed by atoms with E-state index in [0.29, 0.717) is 18.4 Å². The van der Waals surface area contributed by atoms with Gasteiger partial charge < -0.3 is 15.2 Å². The summed E-state index contributed by atoms with van der Waals surface area (Å²) >= 11 is 0. The van der Waals surface area contributed by atoms with Gasteiger partial charge in [0.2, 0.25) is 11.8 Å². The molecule has 0 bridgehead atoms. The maximum absolute atomic E-state index is 8.94. The highest BCUT2D eigenvalue weighted by atomic mass is 16.5. The number of rotatable bonds is 6.